The molecule has 0 aliphatic carbocycles. The van der Waals surface area contributed by atoms with Gasteiger partial charge in [0.15, 0.2) is 0 Å². The summed E-state index contributed by atoms with van der Waals surface area (Å²) in [5.41, 5.74) is 0.144. The second-order valence-corrected chi connectivity index (χ2v) is 9.07. The van der Waals surface area contributed by atoms with Crippen molar-refractivity contribution in [2.75, 3.05) is 24.0 Å². The van der Waals surface area contributed by atoms with Crippen LogP contribution in [-0.2, 0) is 19.6 Å². The third kappa shape index (κ3) is 4.97. The molecule has 1 heterocycles. The van der Waals surface area contributed by atoms with Crippen molar-refractivity contribution >= 4 is 44.8 Å². The zero-order valence-corrected chi connectivity index (χ0v) is 17.3. The summed E-state index contributed by atoms with van der Waals surface area (Å²) in [5, 5.41) is 3.23. The molecule has 0 saturated carbocycles. The number of sulfonamides is 1. The number of carbonyl (C=O) groups excluding carboxylic acids is 1. The highest BCUT2D eigenvalue weighted by atomic mass is 35.5. The number of hydrogen-bond acceptors (Lipinski definition) is 4. The zero-order chi connectivity index (χ0) is 20.1. The highest BCUT2D eigenvalue weighted by molar-refractivity contribution is 7.92. The topological polar surface area (TPSA) is 75.7 Å². The quantitative estimate of drug-likeness (QED) is 0.711. The number of nitrogens with zero attached hydrogens (tertiary/aromatic N) is 1. The Morgan fingerprint density at radius 2 is 1.93 bits per heavy atom. The number of hydrogen-bond donors (Lipinski definition) is 1. The molecule has 1 aliphatic heterocycles. The Hall–Kier alpha value is -1.80. The Morgan fingerprint density at radius 3 is 2.61 bits per heavy atom. The van der Waals surface area contributed by atoms with Crippen molar-refractivity contribution in [2.24, 2.45) is 0 Å². The van der Waals surface area contributed by atoms with Gasteiger partial charge in [0, 0.05) is 18.2 Å². The number of benzene rings is 2. The summed E-state index contributed by atoms with van der Waals surface area (Å²) in [6, 6.07) is 12.3. The molecule has 2 aromatic carbocycles. The van der Waals surface area contributed by atoms with Crippen molar-refractivity contribution in [3.05, 3.63) is 58.6 Å². The van der Waals surface area contributed by atoms with Gasteiger partial charge in [0.1, 0.15) is 6.54 Å². The molecule has 0 radical (unpaired) electrons. The molecule has 150 valence electrons. The molecule has 9 heteroatoms. The lowest BCUT2D eigenvalue weighted by Gasteiger charge is -2.25. The van der Waals surface area contributed by atoms with Gasteiger partial charge in [0.05, 0.1) is 21.7 Å². The first-order valence-corrected chi connectivity index (χ1v) is 11.0. The first-order valence-electron chi connectivity index (χ1n) is 8.79. The maximum absolute atomic E-state index is 13.2. The van der Waals surface area contributed by atoms with Gasteiger partial charge in [0.25, 0.3) is 10.0 Å². The lowest BCUT2D eigenvalue weighted by molar-refractivity contribution is -0.120. The molecule has 1 saturated heterocycles. The van der Waals surface area contributed by atoms with E-state index >= 15 is 0 Å². The highest BCUT2D eigenvalue weighted by Gasteiger charge is 2.29. The van der Waals surface area contributed by atoms with E-state index < -0.39 is 22.5 Å². The van der Waals surface area contributed by atoms with Gasteiger partial charge in [-0.05, 0) is 43.2 Å². The van der Waals surface area contributed by atoms with Gasteiger partial charge >= 0.3 is 0 Å². The van der Waals surface area contributed by atoms with Crippen molar-refractivity contribution in [2.45, 2.75) is 23.8 Å². The SMILES string of the molecule is O=C(CN(c1cc(Cl)ccc1Cl)S(=O)(=O)c1ccccc1)NCC1CCCO1. The summed E-state index contributed by atoms with van der Waals surface area (Å²) < 4.78 is 32.9. The third-order valence-corrected chi connectivity index (χ3v) is 6.67. The standard InChI is InChI=1S/C19H20Cl2N2O4S/c20-14-8-9-17(21)18(11-14)23(28(25,26)16-6-2-1-3-7-16)13-19(24)22-12-15-5-4-10-27-15/h1-3,6-9,11,15H,4-5,10,12-13H2,(H,22,24). The fraction of sp³-hybridized carbons (Fsp3) is 0.316. The van der Waals surface area contributed by atoms with Crippen molar-refractivity contribution in [1.29, 1.82) is 0 Å². The van der Waals surface area contributed by atoms with Crippen LogP contribution in [0.25, 0.3) is 0 Å². The molecule has 6 nitrogen and oxygen atoms in total. The van der Waals surface area contributed by atoms with Crippen LogP contribution in [0.15, 0.2) is 53.4 Å². The number of nitrogens with one attached hydrogen (secondary N) is 1. The Balaban J connectivity index is 1.88. The number of rotatable bonds is 7. The van der Waals surface area contributed by atoms with Crippen molar-refractivity contribution in [3.8, 4) is 0 Å². The van der Waals surface area contributed by atoms with Crippen molar-refractivity contribution in [3.63, 3.8) is 0 Å². The van der Waals surface area contributed by atoms with Crippen LogP contribution in [0.5, 0.6) is 0 Å². The number of carbonyl (C=O) groups is 1. The largest absolute Gasteiger partial charge is 0.376 e. The summed E-state index contributed by atoms with van der Waals surface area (Å²) in [7, 11) is -4.03. The molecule has 0 spiro atoms. The van der Waals surface area contributed by atoms with E-state index in [1.165, 1.54) is 24.3 Å². The third-order valence-electron chi connectivity index (χ3n) is 4.35. The van der Waals surface area contributed by atoms with E-state index in [4.69, 9.17) is 27.9 Å². The van der Waals surface area contributed by atoms with Crippen LogP contribution in [-0.4, -0.2) is 40.1 Å². The minimum atomic E-state index is -4.03. The number of ether oxygens (including phenoxy) is 1. The summed E-state index contributed by atoms with van der Waals surface area (Å²) in [4.78, 5) is 12.6. The number of anilines is 1. The Kier molecular flexibility index (Phi) is 6.82. The minimum Gasteiger partial charge on any atom is -0.376 e. The van der Waals surface area contributed by atoms with Gasteiger partial charge in [-0.1, -0.05) is 41.4 Å². The summed E-state index contributed by atoms with van der Waals surface area (Å²) in [5.74, 6) is -0.453. The predicted octanol–water partition coefficient (Wildman–Crippen LogP) is 3.48. The maximum Gasteiger partial charge on any atom is 0.264 e. The molecular weight excluding hydrogens is 423 g/mol. The van der Waals surface area contributed by atoms with E-state index in [0.29, 0.717) is 18.2 Å². The van der Waals surface area contributed by atoms with Gasteiger partial charge in [-0.2, -0.15) is 0 Å². The summed E-state index contributed by atoms with van der Waals surface area (Å²) in [6.07, 6.45) is 1.78. The fourth-order valence-electron chi connectivity index (χ4n) is 2.92. The van der Waals surface area contributed by atoms with Crippen molar-refractivity contribution < 1.29 is 17.9 Å². The second kappa shape index (κ2) is 9.13. The van der Waals surface area contributed by atoms with E-state index in [2.05, 4.69) is 5.32 Å². The molecule has 1 amide bonds. The monoisotopic (exact) mass is 442 g/mol. The summed E-state index contributed by atoms with van der Waals surface area (Å²) in [6.45, 7) is 0.582. The molecule has 0 aromatic heterocycles. The molecule has 1 N–H and O–H groups in total. The average molecular weight is 443 g/mol. The Morgan fingerprint density at radius 1 is 1.18 bits per heavy atom. The fourth-order valence-corrected chi connectivity index (χ4v) is 4.80. The smallest absolute Gasteiger partial charge is 0.264 e. The minimum absolute atomic E-state index is 0.0436. The molecule has 2 aromatic rings. The zero-order valence-electron chi connectivity index (χ0n) is 15.0. The van der Waals surface area contributed by atoms with Crippen molar-refractivity contribution in [1.82, 2.24) is 5.32 Å². The molecular formula is C19H20Cl2N2O4S. The van der Waals surface area contributed by atoms with Crippen LogP contribution in [0.3, 0.4) is 0 Å². The van der Waals surface area contributed by atoms with Gasteiger partial charge in [-0.25, -0.2) is 8.42 Å². The highest BCUT2D eigenvalue weighted by Crippen LogP contribution is 2.32. The number of halogens is 2. The van der Waals surface area contributed by atoms with E-state index in [-0.39, 0.29) is 21.7 Å². The van der Waals surface area contributed by atoms with Gasteiger partial charge in [-0.3, -0.25) is 9.10 Å². The van der Waals surface area contributed by atoms with Crippen LogP contribution in [0, 0.1) is 0 Å². The second-order valence-electron chi connectivity index (χ2n) is 6.36. The Labute approximate surface area is 174 Å². The first kappa shape index (κ1) is 20.9. The van der Waals surface area contributed by atoms with Gasteiger partial charge in [-0.15, -0.1) is 0 Å². The molecule has 1 aliphatic rings. The molecule has 1 fully saturated rings. The van der Waals surface area contributed by atoms with E-state index in [1.54, 1.807) is 24.3 Å². The maximum atomic E-state index is 13.2. The average Bonchev–Trinajstić information content (AvgIpc) is 3.21. The predicted molar refractivity (Wildman–Crippen MR) is 109 cm³/mol. The first-order chi connectivity index (χ1) is 13.4. The van der Waals surface area contributed by atoms with Crippen LogP contribution in [0.1, 0.15) is 12.8 Å². The molecule has 1 atom stereocenters. The molecule has 3 rings (SSSR count). The molecule has 0 bridgehead atoms. The van der Waals surface area contributed by atoms with Gasteiger partial charge in [0.2, 0.25) is 5.91 Å². The lowest BCUT2D eigenvalue weighted by atomic mass is 10.2. The lowest BCUT2D eigenvalue weighted by Crippen LogP contribution is -2.43. The van der Waals surface area contributed by atoms with E-state index in [0.717, 1.165) is 17.1 Å². The van der Waals surface area contributed by atoms with Crippen LogP contribution >= 0.6 is 23.2 Å². The molecule has 28 heavy (non-hydrogen) atoms. The van der Waals surface area contributed by atoms with E-state index in [9.17, 15) is 13.2 Å². The van der Waals surface area contributed by atoms with Crippen LogP contribution in [0.4, 0.5) is 5.69 Å². The Bertz CT molecular complexity index is 932. The van der Waals surface area contributed by atoms with Gasteiger partial charge < -0.3 is 10.1 Å². The van der Waals surface area contributed by atoms with Crippen LogP contribution in [0.2, 0.25) is 10.0 Å². The summed E-state index contributed by atoms with van der Waals surface area (Å²) >= 11 is 12.3. The number of amides is 1. The van der Waals surface area contributed by atoms with Crippen LogP contribution < -0.4 is 9.62 Å². The van der Waals surface area contributed by atoms with E-state index in [1.807, 2.05) is 0 Å². The normalized spacial score (nSPS) is 16.7. The molecule has 1 unspecified atom stereocenters.